The molecule has 24 heavy (non-hydrogen) atoms. The maximum absolute atomic E-state index is 12.7. The van der Waals surface area contributed by atoms with Crippen molar-refractivity contribution in [3.8, 4) is 0 Å². The van der Waals surface area contributed by atoms with E-state index < -0.39 is 0 Å². The second-order valence-corrected chi connectivity index (χ2v) is 5.92. The van der Waals surface area contributed by atoms with Gasteiger partial charge in [-0.1, -0.05) is 12.1 Å². The van der Waals surface area contributed by atoms with Crippen molar-refractivity contribution in [2.24, 2.45) is 5.92 Å². The molecule has 1 saturated heterocycles. The molecular formula is C18H20N4O2. The predicted octanol–water partition coefficient (Wildman–Crippen LogP) is 1.91. The molecule has 1 aromatic heterocycles. The van der Waals surface area contributed by atoms with Crippen LogP contribution in [0.25, 0.3) is 0 Å². The van der Waals surface area contributed by atoms with Gasteiger partial charge in [0, 0.05) is 37.7 Å². The highest BCUT2D eigenvalue weighted by Crippen LogP contribution is 2.24. The normalized spacial score (nSPS) is 14.2. The van der Waals surface area contributed by atoms with Gasteiger partial charge in [-0.2, -0.15) is 0 Å². The van der Waals surface area contributed by atoms with Gasteiger partial charge in [0.2, 0.25) is 5.91 Å². The predicted molar refractivity (Wildman–Crippen MR) is 90.6 cm³/mol. The number of rotatable bonds is 4. The van der Waals surface area contributed by atoms with Crippen molar-refractivity contribution in [3.05, 3.63) is 54.1 Å². The molecule has 3 rings (SSSR count). The lowest BCUT2D eigenvalue weighted by atomic mass is 9.97. The van der Waals surface area contributed by atoms with E-state index in [9.17, 15) is 9.59 Å². The minimum atomic E-state index is -0.175. The van der Waals surface area contributed by atoms with Crippen LogP contribution in [0.15, 0.2) is 42.9 Å². The molecular weight excluding hydrogens is 304 g/mol. The lowest BCUT2D eigenvalue weighted by Crippen LogP contribution is -2.56. The Bertz CT molecular complexity index is 742. The second-order valence-electron chi connectivity index (χ2n) is 5.92. The molecule has 1 aliphatic rings. The van der Waals surface area contributed by atoms with Crippen LogP contribution in [0.4, 0.5) is 5.69 Å². The van der Waals surface area contributed by atoms with E-state index in [1.54, 1.807) is 9.80 Å². The maximum Gasteiger partial charge on any atom is 0.274 e. The van der Waals surface area contributed by atoms with Gasteiger partial charge in [0.05, 0.1) is 12.1 Å². The average Bonchev–Trinajstić information content (AvgIpc) is 2.55. The Morgan fingerprint density at radius 1 is 1.29 bits per heavy atom. The Kier molecular flexibility index (Phi) is 4.55. The number of anilines is 1. The molecule has 0 unspecified atom stereocenters. The lowest BCUT2D eigenvalue weighted by molar-refractivity contribution is -0.126. The molecule has 0 atom stereocenters. The van der Waals surface area contributed by atoms with Crippen LogP contribution in [0.2, 0.25) is 0 Å². The van der Waals surface area contributed by atoms with E-state index in [1.165, 1.54) is 18.6 Å². The topological polar surface area (TPSA) is 66.4 Å². The summed E-state index contributed by atoms with van der Waals surface area (Å²) in [7, 11) is 0. The third-order valence-electron chi connectivity index (χ3n) is 4.20. The van der Waals surface area contributed by atoms with Crippen LogP contribution in [-0.2, 0) is 4.79 Å². The number of hydrogen-bond acceptors (Lipinski definition) is 4. The lowest BCUT2D eigenvalue weighted by Gasteiger charge is -2.40. The van der Waals surface area contributed by atoms with Crippen LogP contribution in [0.1, 0.15) is 23.0 Å². The summed E-state index contributed by atoms with van der Waals surface area (Å²) >= 11 is 0. The highest BCUT2D eigenvalue weighted by molar-refractivity contribution is 5.98. The second kappa shape index (κ2) is 6.78. The summed E-state index contributed by atoms with van der Waals surface area (Å²) < 4.78 is 0. The third kappa shape index (κ3) is 3.13. The van der Waals surface area contributed by atoms with Gasteiger partial charge in [-0.05, 0) is 31.5 Å². The van der Waals surface area contributed by atoms with E-state index in [0.29, 0.717) is 25.3 Å². The Morgan fingerprint density at radius 3 is 2.71 bits per heavy atom. The Hall–Kier alpha value is -2.76. The van der Waals surface area contributed by atoms with Crippen LogP contribution in [0, 0.1) is 12.8 Å². The van der Waals surface area contributed by atoms with Crippen LogP contribution >= 0.6 is 0 Å². The smallest absolute Gasteiger partial charge is 0.274 e. The maximum atomic E-state index is 12.7. The first-order valence-electron chi connectivity index (χ1n) is 8.03. The van der Waals surface area contributed by atoms with Gasteiger partial charge in [0.15, 0.2) is 0 Å². The first-order chi connectivity index (χ1) is 11.6. The summed E-state index contributed by atoms with van der Waals surface area (Å²) in [6, 6.07) is 7.90. The third-order valence-corrected chi connectivity index (χ3v) is 4.20. The van der Waals surface area contributed by atoms with Gasteiger partial charge in [0.1, 0.15) is 5.69 Å². The van der Waals surface area contributed by atoms with Gasteiger partial charge in [-0.3, -0.25) is 14.6 Å². The summed E-state index contributed by atoms with van der Waals surface area (Å²) in [6.45, 7) is 5.43. The zero-order valence-electron chi connectivity index (χ0n) is 13.8. The number of benzene rings is 1. The molecule has 0 aliphatic carbocycles. The van der Waals surface area contributed by atoms with Gasteiger partial charge in [-0.15, -0.1) is 0 Å². The van der Waals surface area contributed by atoms with E-state index in [2.05, 4.69) is 9.97 Å². The van der Waals surface area contributed by atoms with E-state index in [-0.39, 0.29) is 17.7 Å². The molecule has 0 saturated carbocycles. The first kappa shape index (κ1) is 16.1. The molecule has 2 amide bonds. The molecule has 1 aromatic carbocycles. The van der Waals surface area contributed by atoms with Crippen molar-refractivity contribution < 1.29 is 9.59 Å². The number of carbonyl (C=O) groups is 2. The standard InChI is InChI=1S/C18H20N4O2/c1-3-22(15-6-4-5-13(2)9-15)17(23)14-11-21(12-14)18(24)16-10-19-7-8-20-16/h4-10,14H,3,11-12H2,1-2H3. The van der Waals surface area contributed by atoms with Gasteiger partial charge in [-0.25, -0.2) is 4.98 Å². The zero-order chi connectivity index (χ0) is 17.1. The molecule has 0 N–H and O–H groups in total. The molecule has 2 aromatic rings. The summed E-state index contributed by atoms with van der Waals surface area (Å²) in [5.41, 5.74) is 2.34. The fourth-order valence-corrected chi connectivity index (χ4v) is 2.85. The highest BCUT2D eigenvalue weighted by atomic mass is 16.2. The molecule has 1 aliphatic heterocycles. The number of aryl methyl sites for hydroxylation is 1. The van der Waals surface area contributed by atoms with Gasteiger partial charge in [0.25, 0.3) is 5.91 Å². The molecule has 0 bridgehead atoms. The monoisotopic (exact) mass is 324 g/mol. The quantitative estimate of drug-likeness (QED) is 0.862. The van der Waals surface area contributed by atoms with Gasteiger partial charge < -0.3 is 9.80 Å². The number of carbonyl (C=O) groups excluding carboxylic acids is 2. The minimum Gasteiger partial charge on any atom is -0.336 e. The number of aromatic nitrogens is 2. The fraction of sp³-hybridized carbons (Fsp3) is 0.333. The molecule has 2 heterocycles. The van der Waals surface area contributed by atoms with E-state index in [0.717, 1.165) is 11.3 Å². The fourth-order valence-electron chi connectivity index (χ4n) is 2.85. The number of nitrogens with zero attached hydrogens (tertiary/aromatic N) is 4. The summed E-state index contributed by atoms with van der Waals surface area (Å²) in [4.78, 5) is 36.3. The molecule has 0 radical (unpaired) electrons. The minimum absolute atomic E-state index is 0.0614. The van der Waals surface area contributed by atoms with Crippen molar-refractivity contribution in [3.63, 3.8) is 0 Å². The van der Waals surface area contributed by atoms with Crippen molar-refractivity contribution >= 4 is 17.5 Å². The molecule has 0 spiro atoms. The first-order valence-corrected chi connectivity index (χ1v) is 8.03. The van der Waals surface area contributed by atoms with Crippen LogP contribution < -0.4 is 4.90 Å². The van der Waals surface area contributed by atoms with E-state index in [4.69, 9.17) is 0 Å². The number of likely N-dealkylation sites (tertiary alicyclic amines) is 1. The van der Waals surface area contributed by atoms with Crippen molar-refractivity contribution in [1.82, 2.24) is 14.9 Å². The van der Waals surface area contributed by atoms with E-state index in [1.807, 2.05) is 38.1 Å². The summed E-state index contributed by atoms with van der Waals surface area (Å²) in [5, 5.41) is 0. The Morgan fingerprint density at radius 2 is 2.08 bits per heavy atom. The summed E-state index contributed by atoms with van der Waals surface area (Å²) in [5.74, 6) is -0.275. The number of amides is 2. The van der Waals surface area contributed by atoms with Crippen LogP contribution in [0.3, 0.4) is 0 Å². The van der Waals surface area contributed by atoms with Crippen molar-refractivity contribution in [2.75, 3.05) is 24.5 Å². The average molecular weight is 324 g/mol. The molecule has 6 nitrogen and oxygen atoms in total. The highest BCUT2D eigenvalue weighted by Gasteiger charge is 2.38. The SMILES string of the molecule is CCN(C(=O)C1CN(C(=O)c2cnccn2)C1)c1cccc(C)c1. The molecule has 1 fully saturated rings. The molecule has 6 heteroatoms. The summed E-state index contributed by atoms with van der Waals surface area (Å²) in [6.07, 6.45) is 4.47. The van der Waals surface area contributed by atoms with Crippen LogP contribution in [-0.4, -0.2) is 46.3 Å². The largest absolute Gasteiger partial charge is 0.336 e. The van der Waals surface area contributed by atoms with Gasteiger partial charge >= 0.3 is 0 Å². The number of hydrogen-bond donors (Lipinski definition) is 0. The van der Waals surface area contributed by atoms with Crippen LogP contribution in [0.5, 0.6) is 0 Å². The zero-order valence-corrected chi connectivity index (χ0v) is 13.8. The van der Waals surface area contributed by atoms with Crippen molar-refractivity contribution in [1.29, 1.82) is 0 Å². The Labute approximate surface area is 141 Å². The van der Waals surface area contributed by atoms with Crippen molar-refractivity contribution in [2.45, 2.75) is 13.8 Å². The Balaban J connectivity index is 1.64. The van der Waals surface area contributed by atoms with E-state index >= 15 is 0 Å². The molecule has 124 valence electrons.